The molecule has 2 aromatic carbocycles. The molecule has 0 saturated heterocycles. The first kappa shape index (κ1) is 23.0. The number of nitrogens with zero attached hydrogens (tertiary/aromatic N) is 2. The van der Waals surface area contributed by atoms with E-state index in [1.807, 2.05) is 50.2 Å². The molecule has 2 heterocycles. The first-order valence-electron chi connectivity index (χ1n) is 10.3. The summed E-state index contributed by atoms with van der Waals surface area (Å²) in [7, 11) is -0.145. The van der Waals surface area contributed by atoms with Crippen LogP contribution < -0.4 is 14.8 Å². The van der Waals surface area contributed by atoms with Gasteiger partial charge in [0.1, 0.15) is 11.6 Å². The Morgan fingerprint density at radius 2 is 1.70 bits per heavy atom. The molecule has 7 nitrogen and oxygen atoms in total. The maximum Gasteiger partial charge on any atom is 0.176 e. The predicted molar refractivity (Wildman–Crippen MR) is 132 cm³/mol. The van der Waals surface area contributed by atoms with Crippen molar-refractivity contribution in [1.82, 2.24) is 9.97 Å². The van der Waals surface area contributed by atoms with Crippen molar-refractivity contribution in [2.24, 2.45) is 0 Å². The molecule has 9 heteroatoms. The summed E-state index contributed by atoms with van der Waals surface area (Å²) in [4.78, 5) is 11.4. The van der Waals surface area contributed by atoms with Gasteiger partial charge in [0.25, 0.3) is 0 Å². The van der Waals surface area contributed by atoms with Crippen molar-refractivity contribution in [2.75, 3.05) is 25.8 Å². The third-order valence-electron chi connectivity index (χ3n) is 5.27. The van der Waals surface area contributed by atoms with Crippen LogP contribution >= 0.6 is 11.3 Å². The van der Waals surface area contributed by atoms with E-state index in [4.69, 9.17) is 9.47 Å². The highest BCUT2D eigenvalue weighted by Crippen LogP contribution is 2.38. The molecule has 0 fully saturated rings. The van der Waals surface area contributed by atoms with Crippen molar-refractivity contribution in [3.8, 4) is 21.9 Å². The Bertz CT molecular complexity index is 1430. The van der Waals surface area contributed by atoms with E-state index in [2.05, 4.69) is 15.3 Å². The van der Waals surface area contributed by atoms with E-state index in [0.717, 1.165) is 20.7 Å². The highest BCUT2D eigenvalue weighted by atomic mass is 32.2. The maximum atomic E-state index is 12.2. The number of aryl methyl sites for hydroxylation is 1. The standard InChI is InChI=1S/C24H25N3O4S2/c1-14(21-10-11-22(32-21)16-8-6-7-9-23(16)33(5,28)29)25-24-17-12-19(30-3)20(31-4)13-18(17)26-15(2)27-24/h6-14H,1-5H3,(H,25,26,27). The SMILES string of the molecule is COc1cc2nc(C)nc(NC(C)c3ccc(-c4ccccc4S(C)(=O)=O)s3)c2cc1OC. The lowest BCUT2D eigenvalue weighted by molar-refractivity contribution is 0.356. The molecule has 0 bridgehead atoms. The molecule has 0 amide bonds. The molecule has 172 valence electrons. The number of rotatable bonds is 7. The zero-order valence-electron chi connectivity index (χ0n) is 19.0. The number of nitrogens with one attached hydrogen (secondary N) is 1. The van der Waals surface area contributed by atoms with Crippen molar-refractivity contribution in [2.45, 2.75) is 24.8 Å². The van der Waals surface area contributed by atoms with Crippen LogP contribution in [0, 0.1) is 6.92 Å². The van der Waals surface area contributed by atoms with Gasteiger partial charge in [-0.2, -0.15) is 0 Å². The lowest BCUT2D eigenvalue weighted by Gasteiger charge is -2.16. The number of anilines is 1. The number of aromatic nitrogens is 2. The van der Waals surface area contributed by atoms with Crippen LogP contribution in [0.25, 0.3) is 21.3 Å². The average Bonchev–Trinajstić information content (AvgIpc) is 3.28. The molecule has 4 aromatic rings. The van der Waals surface area contributed by atoms with Crippen LogP contribution in [0.1, 0.15) is 23.7 Å². The number of hydrogen-bond acceptors (Lipinski definition) is 8. The van der Waals surface area contributed by atoms with E-state index in [1.165, 1.54) is 6.26 Å². The quantitative estimate of drug-likeness (QED) is 0.383. The molecule has 1 atom stereocenters. The van der Waals surface area contributed by atoms with Crippen molar-refractivity contribution in [3.05, 3.63) is 59.2 Å². The molecule has 1 unspecified atom stereocenters. The van der Waals surface area contributed by atoms with Gasteiger partial charge < -0.3 is 14.8 Å². The van der Waals surface area contributed by atoms with Gasteiger partial charge in [-0.1, -0.05) is 18.2 Å². The number of methoxy groups -OCH3 is 2. The molecule has 0 spiro atoms. The Labute approximate surface area is 197 Å². The van der Waals surface area contributed by atoms with Crippen molar-refractivity contribution in [3.63, 3.8) is 0 Å². The molecule has 0 aliphatic carbocycles. The lowest BCUT2D eigenvalue weighted by atomic mass is 10.1. The Balaban J connectivity index is 1.70. The monoisotopic (exact) mass is 483 g/mol. The van der Waals surface area contributed by atoms with Gasteiger partial charge in [0.2, 0.25) is 0 Å². The van der Waals surface area contributed by atoms with Crippen molar-refractivity contribution in [1.29, 1.82) is 0 Å². The van der Waals surface area contributed by atoms with Gasteiger partial charge in [0, 0.05) is 33.0 Å². The highest BCUT2D eigenvalue weighted by molar-refractivity contribution is 7.90. The van der Waals surface area contributed by atoms with Gasteiger partial charge in [-0.05, 0) is 38.1 Å². The van der Waals surface area contributed by atoms with Crippen LogP contribution in [0.3, 0.4) is 0 Å². The smallest absolute Gasteiger partial charge is 0.176 e. The van der Waals surface area contributed by atoms with Crippen LogP contribution in [0.4, 0.5) is 5.82 Å². The normalized spacial score (nSPS) is 12.5. The van der Waals surface area contributed by atoms with Gasteiger partial charge in [-0.15, -0.1) is 11.3 Å². The minimum absolute atomic E-state index is 0.0697. The zero-order chi connectivity index (χ0) is 23.8. The number of hydrogen-bond donors (Lipinski definition) is 1. The largest absolute Gasteiger partial charge is 0.493 e. The third-order valence-corrected chi connectivity index (χ3v) is 7.73. The fourth-order valence-corrected chi connectivity index (χ4v) is 5.70. The Hall–Kier alpha value is -3.17. The van der Waals surface area contributed by atoms with Crippen molar-refractivity contribution < 1.29 is 17.9 Å². The molecular weight excluding hydrogens is 458 g/mol. The Kier molecular flexibility index (Phi) is 6.27. The van der Waals surface area contributed by atoms with Crippen LogP contribution in [-0.4, -0.2) is 38.9 Å². The van der Waals surface area contributed by atoms with Gasteiger partial charge in [0.15, 0.2) is 21.3 Å². The zero-order valence-corrected chi connectivity index (χ0v) is 20.7. The molecular formula is C24H25N3O4S2. The summed E-state index contributed by atoms with van der Waals surface area (Å²) < 4.78 is 35.3. The minimum Gasteiger partial charge on any atom is -0.493 e. The van der Waals surface area contributed by atoms with Gasteiger partial charge in [0.05, 0.1) is 30.7 Å². The number of benzene rings is 2. The number of thiophene rings is 1. The summed E-state index contributed by atoms with van der Waals surface area (Å²) in [5, 5.41) is 4.31. The Morgan fingerprint density at radius 1 is 1.00 bits per heavy atom. The fourth-order valence-electron chi connectivity index (χ4n) is 3.68. The van der Waals surface area contributed by atoms with E-state index < -0.39 is 9.84 Å². The highest BCUT2D eigenvalue weighted by Gasteiger charge is 2.18. The second-order valence-corrected chi connectivity index (χ2v) is 10.8. The summed E-state index contributed by atoms with van der Waals surface area (Å²) in [5.74, 6) is 2.54. The summed E-state index contributed by atoms with van der Waals surface area (Å²) in [6.45, 7) is 3.89. The molecule has 4 rings (SSSR count). The topological polar surface area (TPSA) is 90.4 Å². The van der Waals surface area contributed by atoms with Gasteiger partial charge >= 0.3 is 0 Å². The summed E-state index contributed by atoms with van der Waals surface area (Å²) in [6, 6.07) is 14.7. The molecule has 0 radical (unpaired) electrons. The summed E-state index contributed by atoms with van der Waals surface area (Å²) in [5.41, 5.74) is 1.47. The van der Waals surface area contributed by atoms with Crippen LogP contribution in [0.5, 0.6) is 11.5 Å². The van der Waals surface area contributed by atoms with Gasteiger partial charge in [-0.3, -0.25) is 0 Å². The van der Waals surface area contributed by atoms with Crippen molar-refractivity contribution >= 4 is 37.9 Å². The molecule has 1 N–H and O–H groups in total. The molecule has 33 heavy (non-hydrogen) atoms. The van der Waals surface area contributed by atoms with E-state index in [1.54, 1.807) is 37.7 Å². The lowest BCUT2D eigenvalue weighted by Crippen LogP contribution is -2.08. The fraction of sp³-hybridized carbons (Fsp3) is 0.250. The van der Waals surface area contributed by atoms with E-state index in [9.17, 15) is 8.42 Å². The minimum atomic E-state index is -3.33. The third kappa shape index (κ3) is 4.65. The molecule has 0 saturated carbocycles. The van der Waals surface area contributed by atoms with E-state index >= 15 is 0 Å². The number of sulfone groups is 1. The van der Waals surface area contributed by atoms with Gasteiger partial charge in [-0.25, -0.2) is 18.4 Å². The number of ether oxygens (including phenoxy) is 2. The number of fused-ring (bicyclic) bond motifs is 1. The summed E-state index contributed by atoms with van der Waals surface area (Å²) in [6.07, 6.45) is 1.23. The first-order valence-corrected chi connectivity index (χ1v) is 13.0. The van der Waals surface area contributed by atoms with E-state index in [-0.39, 0.29) is 6.04 Å². The van der Waals surface area contributed by atoms with Crippen LogP contribution in [0.15, 0.2) is 53.4 Å². The second kappa shape index (κ2) is 8.99. The maximum absolute atomic E-state index is 12.2. The van der Waals surface area contributed by atoms with Crippen LogP contribution in [-0.2, 0) is 9.84 Å². The second-order valence-electron chi connectivity index (χ2n) is 7.68. The van der Waals surface area contributed by atoms with Crippen LogP contribution in [0.2, 0.25) is 0 Å². The molecule has 0 aliphatic heterocycles. The Morgan fingerprint density at radius 3 is 2.39 bits per heavy atom. The summed E-state index contributed by atoms with van der Waals surface area (Å²) >= 11 is 1.55. The first-order chi connectivity index (χ1) is 15.7. The van der Waals surface area contributed by atoms with E-state index in [0.29, 0.717) is 33.6 Å². The molecule has 2 aromatic heterocycles. The predicted octanol–water partition coefficient (Wildman–Crippen LogP) is 5.26. The average molecular weight is 484 g/mol. The molecule has 0 aliphatic rings.